The van der Waals surface area contributed by atoms with E-state index in [1.54, 1.807) is 11.9 Å². The fourth-order valence-corrected chi connectivity index (χ4v) is 0.720. The van der Waals surface area contributed by atoms with E-state index in [1.807, 2.05) is 13.8 Å². The number of aromatic nitrogens is 3. The molecule has 0 aliphatic heterocycles. The Kier molecular flexibility index (Phi) is 2.42. The molecule has 0 aliphatic carbocycles. The van der Waals surface area contributed by atoms with Crippen molar-refractivity contribution in [2.24, 2.45) is 0 Å². The summed E-state index contributed by atoms with van der Waals surface area (Å²) >= 11 is 0. The van der Waals surface area contributed by atoms with Gasteiger partial charge in [-0.15, -0.1) is 0 Å². The Morgan fingerprint density at radius 2 is 2.33 bits per heavy atom. The minimum absolute atomic E-state index is 0.112. The monoisotopic (exact) mass is 168 g/mol. The second-order valence-corrected chi connectivity index (χ2v) is 2.87. The van der Waals surface area contributed by atoms with Gasteiger partial charge in [0.2, 0.25) is 0 Å². The number of hydrogen-bond donors (Lipinski definition) is 1. The number of aromatic amines is 1. The molecule has 1 rings (SSSR count). The molecule has 0 unspecified atom stereocenters. The molecular weight excluding hydrogens is 156 g/mol. The minimum atomic E-state index is -0.112. The lowest BCUT2D eigenvalue weighted by molar-refractivity contribution is 0.0749. The smallest absolute Gasteiger partial charge is 0.276 e. The van der Waals surface area contributed by atoms with E-state index >= 15 is 0 Å². The largest absolute Gasteiger partial charge is 0.338 e. The van der Waals surface area contributed by atoms with Crippen LogP contribution in [-0.2, 0) is 0 Å². The molecule has 1 N–H and O–H groups in total. The van der Waals surface area contributed by atoms with E-state index in [0.717, 1.165) is 0 Å². The highest BCUT2D eigenvalue weighted by molar-refractivity contribution is 5.91. The molecule has 0 spiro atoms. The first kappa shape index (κ1) is 8.70. The number of carbonyl (C=O) groups excluding carboxylic acids is 1. The fourth-order valence-electron chi connectivity index (χ4n) is 0.720. The van der Waals surface area contributed by atoms with E-state index in [-0.39, 0.29) is 11.9 Å². The Balaban J connectivity index is 2.72. The minimum Gasteiger partial charge on any atom is -0.338 e. The fraction of sp³-hybridized carbons (Fsp3) is 0.571. The number of nitrogens with zero attached hydrogens (tertiary/aromatic N) is 3. The molecule has 0 aliphatic rings. The summed E-state index contributed by atoms with van der Waals surface area (Å²) in [4.78, 5) is 13.1. The van der Waals surface area contributed by atoms with Crippen molar-refractivity contribution in [3.05, 3.63) is 11.9 Å². The second-order valence-electron chi connectivity index (χ2n) is 2.87. The normalized spacial score (nSPS) is 10.3. The van der Waals surface area contributed by atoms with Gasteiger partial charge in [-0.2, -0.15) is 15.4 Å². The van der Waals surface area contributed by atoms with Crippen molar-refractivity contribution in [1.82, 2.24) is 20.3 Å². The second kappa shape index (κ2) is 3.34. The lowest BCUT2D eigenvalue weighted by atomic mass is 10.3. The van der Waals surface area contributed by atoms with Crippen molar-refractivity contribution >= 4 is 5.91 Å². The van der Waals surface area contributed by atoms with Gasteiger partial charge in [0.05, 0.1) is 6.20 Å². The molecule has 0 saturated heterocycles. The zero-order valence-corrected chi connectivity index (χ0v) is 7.40. The predicted octanol–water partition coefficient (Wildman–Crippen LogP) is 0.285. The maximum absolute atomic E-state index is 11.5. The summed E-state index contributed by atoms with van der Waals surface area (Å²) in [5, 5.41) is 9.65. The topological polar surface area (TPSA) is 61.9 Å². The van der Waals surface area contributed by atoms with Gasteiger partial charge >= 0.3 is 0 Å². The summed E-state index contributed by atoms with van der Waals surface area (Å²) in [5.41, 5.74) is 0.353. The van der Waals surface area contributed by atoms with E-state index in [1.165, 1.54) is 6.20 Å². The Morgan fingerprint density at radius 1 is 1.67 bits per heavy atom. The molecule has 1 amide bonds. The van der Waals surface area contributed by atoms with Crippen molar-refractivity contribution in [3.63, 3.8) is 0 Å². The zero-order chi connectivity index (χ0) is 9.14. The van der Waals surface area contributed by atoms with Crippen LogP contribution in [0.3, 0.4) is 0 Å². The van der Waals surface area contributed by atoms with Gasteiger partial charge in [0.1, 0.15) is 0 Å². The molecule has 0 radical (unpaired) electrons. The first-order valence-electron chi connectivity index (χ1n) is 3.76. The van der Waals surface area contributed by atoms with Crippen LogP contribution in [0.15, 0.2) is 6.20 Å². The van der Waals surface area contributed by atoms with Gasteiger partial charge in [-0.1, -0.05) is 0 Å². The first-order chi connectivity index (χ1) is 5.63. The van der Waals surface area contributed by atoms with E-state index in [9.17, 15) is 4.79 Å². The maximum Gasteiger partial charge on any atom is 0.276 e. The average Bonchev–Trinajstić information content (AvgIpc) is 2.53. The summed E-state index contributed by atoms with van der Waals surface area (Å²) < 4.78 is 0. The van der Waals surface area contributed by atoms with Gasteiger partial charge in [-0.3, -0.25) is 4.79 Å². The van der Waals surface area contributed by atoms with Gasteiger partial charge in [0, 0.05) is 13.1 Å². The Labute approximate surface area is 70.8 Å². The average molecular weight is 168 g/mol. The van der Waals surface area contributed by atoms with Crippen LogP contribution in [0.1, 0.15) is 24.3 Å². The zero-order valence-electron chi connectivity index (χ0n) is 7.40. The van der Waals surface area contributed by atoms with Gasteiger partial charge in [0.25, 0.3) is 5.91 Å². The molecule has 0 bridgehead atoms. The van der Waals surface area contributed by atoms with Crippen molar-refractivity contribution in [2.75, 3.05) is 7.05 Å². The summed E-state index contributed by atoms with van der Waals surface area (Å²) in [6.45, 7) is 3.88. The van der Waals surface area contributed by atoms with E-state index in [4.69, 9.17) is 0 Å². The van der Waals surface area contributed by atoms with Crippen LogP contribution in [0, 0.1) is 0 Å². The molecular formula is C7H12N4O. The summed E-state index contributed by atoms with van der Waals surface area (Å²) in [6.07, 6.45) is 1.42. The summed E-state index contributed by atoms with van der Waals surface area (Å²) in [6, 6.07) is 0.175. The molecule has 5 nitrogen and oxygen atoms in total. The Morgan fingerprint density at radius 3 is 2.75 bits per heavy atom. The predicted molar refractivity (Wildman–Crippen MR) is 43.6 cm³/mol. The molecule has 1 aromatic rings. The molecule has 66 valence electrons. The van der Waals surface area contributed by atoms with Crippen molar-refractivity contribution in [1.29, 1.82) is 0 Å². The number of amides is 1. The molecule has 5 heteroatoms. The van der Waals surface area contributed by atoms with Crippen LogP contribution in [0.4, 0.5) is 0 Å². The molecule has 0 aromatic carbocycles. The molecule has 0 fully saturated rings. The van der Waals surface area contributed by atoms with E-state index in [2.05, 4.69) is 15.4 Å². The van der Waals surface area contributed by atoms with E-state index in [0.29, 0.717) is 5.69 Å². The van der Waals surface area contributed by atoms with Crippen molar-refractivity contribution < 1.29 is 4.79 Å². The first-order valence-corrected chi connectivity index (χ1v) is 3.76. The van der Waals surface area contributed by atoms with Crippen LogP contribution in [0.25, 0.3) is 0 Å². The number of rotatable bonds is 2. The SMILES string of the molecule is CC(C)N(C)C(=O)c1cn[nH]n1. The van der Waals surface area contributed by atoms with Crippen molar-refractivity contribution in [3.8, 4) is 0 Å². The lowest BCUT2D eigenvalue weighted by Crippen LogP contribution is -2.33. The van der Waals surface area contributed by atoms with Crippen LogP contribution in [-0.4, -0.2) is 39.3 Å². The number of hydrogen-bond acceptors (Lipinski definition) is 3. The summed E-state index contributed by atoms with van der Waals surface area (Å²) in [7, 11) is 1.74. The van der Waals surface area contributed by atoms with Crippen molar-refractivity contribution in [2.45, 2.75) is 19.9 Å². The number of nitrogens with one attached hydrogen (secondary N) is 1. The number of H-pyrrole nitrogens is 1. The van der Waals surface area contributed by atoms with Crippen LogP contribution in [0.2, 0.25) is 0 Å². The molecule has 1 aromatic heterocycles. The van der Waals surface area contributed by atoms with Gasteiger partial charge in [0.15, 0.2) is 5.69 Å². The van der Waals surface area contributed by atoms with Crippen LogP contribution < -0.4 is 0 Å². The highest BCUT2D eigenvalue weighted by Crippen LogP contribution is 2.00. The number of carbonyl (C=O) groups is 1. The third-order valence-electron chi connectivity index (χ3n) is 1.73. The third kappa shape index (κ3) is 1.61. The summed E-state index contributed by atoms with van der Waals surface area (Å²) in [5.74, 6) is -0.112. The lowest BCUT2D eigenvalue weighted by Gasteiger charge is -2.19. The molecule has 1 heterocycles. The molecule has 0 atom stereocenters. The van der Waals surface area contributed by atoms with Gasteiger partial charge < -0.3 is 4.90 Å². The standard InChI is InChI=1S/C7H12N4O/c1-5(2)11(3)7(12)6-4-8-10-9-6/h4-5H,1-3H3,(H,8,9,10). The van der Waals surface area contributed by atoms with Crippen LogP contribution in [0.5, 0.6) is 0 Å². The Bertz CT molecular complexity index is 254. The van der Waals surface area contributed by atoms with Gasteiger partial charge in [-0.25, -0.2) is 0 Å². The van der Waals surface area contributed by atoms with Crippen LogP contribution >= 0.6 is 0 Å². The molecule has 12 heavy (non-hydrogen) atoms. The van der Waals surface area contributed by atoms with Gasteiger partial charge in [-0.05, 0) is 13.8 Å². The highest BCUT2D eigenvalue weighted by Gasteiger charge is 2.15. The molecule has 0 saturated carbocycles. The third-order valence-corrected chi connectivity index (χ3v) is 1.73. The maximum atomic E-state index is 11.5. The quantitative estimate of drug-likeness (QED) is 0.690. The van der Waals surface area contributed by atoms with E-state index < -0.39 is 0 Å². The Hall–Kier alpha value is -1.39. The highest BCUT2D eigenvalue weighted by atomic mass is 16.2.